The minimum atomic E-state index is -5.08. The lowest BCUT2D eigenvalue weighted by atomic mass is 10.0. The van der Waals surface area contributed by atoms with Crippen LogP contribution in [-0.4, -0.2) is 46.5 Å². The van der Waals surface area contributed by atoms with Gasteiger partial charge in [0, 0.05) is 12.1 Å². The van der Waals surface area contributed by atoms with Crippen LogP contribution >= 0.6 is 0 Å². The van der Waals surface area contributed by atoms with E-state index in [-0.39, 0.29) is 6.10 Å². The Balaban J connectivity index is 0.000000638. The number of rotatable bonds is 10. The highest BCUT2D eigenvalue weighted by molar-refractivity contribution is 5.97. The summed E-state index contributed by atoms with van der Waals surface area (Å²) in [6.45, 7) is 1.06. The Kier molecular flexibility index (Phi) is 11.3. The second kappa shape index (κ2) is 14.2. The Morgan fingerprint density at radius 1 is 0.921 bits per heavy atom. The van der Waals surface area contributed by atoms with Crippen LogP contribution in [0.15, 0.2) is 84.9 Å². The van der Waals surface area contributed by atoms with E-state index >= 15 is 0 Å². The van der Waals surface area contributed by atoms with Crippen molar-refractivity contribution in [3.8, 4) is 5.75 Å². The summed E-state index contributed by atoms with van der Waals surface area (Å²) in [6.07, 6.45) is -2.43. The molecule has 3 aromatic rings. The number of carbonyl (C=O) groups is 2. The van der Waals surface area contributed by atoms with E-state index in [4.69, 9.17) is 20.4 Å². The maximum Gasteiger partial charge on any atom is 0.490 e. The van der Waals surface area contributed by atoms with E-state index in [0.717, 1.165) is 25.0 Å². The van der Waals surface area contributed by atoms with Gasteiger partial charge in [0.15, 0.2) is 0 Å². The van der Waals surface area contributed by atoms with Crippen LogP contribution in [0.4, 0.5) is 18.9 Å². The van der Waals surface area contributed by atoms with Gasteiger partial charge in [-0.05, 0) is 55.2 Å². The Hall–Kier alpha value is -3.89. The van der Waals surface area contributed by atoms with Crippen LogP contribution in [0.2, 0.25) is 0 Å². The Bertz CT molecular complexity index is 1140. The number of aliphatic carboxylic acids is 1. The quantitative estimate of drug-likeness (QED) is 0.303. The molecule has 0 heterocycles. The van der Waals surface area contributed by atoms with Gasteiger partial charge in [-0.15, -0.1) is 0 Å². The average Bonchev–Trinajstić information content (AvgIpc) is 2.89. The largest absolute Gasteiger partial charge is 0.490 e. The summed E-state index contributed by atoms with van der Waals surface area (Å²) in [4.78, 5) is 21.0. The third kappa shape index (κ3) is 10.6. The molecule has 0 aliphatic heterocycles. The molecule has 0 aliphatic carbocycles. The molecule has 3 aromatic carbocycles. The molecule has 1 amide bonds. The Morgan fingerprint density at radius 2 is 1.42 bits per heavy atom. The van der Waals surface area contributed by atoms with Gasteiger partial charge >= 0.3 is 12.1 Å². The zero-order valence-corrected chi connectivity index (χ0v) is 20.8. The van der Waals surface area contributed by atoms with Crippen molar-refractivity contribution in [3.63, 3.8) is 0 Å². The zero-order valence-electron chi connectivity index (χ0n) is 20.8. The Labute approximate surface area is 219 Å². The van der Waals surface area contributed by atoms with Gasteiger partial charge in [-0.25, -0.2) is 4.79 Å². The number of benzene rings is 3. The number of hydrogen-bond acceptors (Lipinski definition) is 5. The summed E-state index contributed by atoms with van der Waals surface area (Å²) < 4.78 is 38.0. The van der Waals surface area contributed by atoms with Crippen molar-refractivity contribution in [1.82, 2.24) is 0 Å². The molecule has 0 fully saturated rings. The highest BCUT2D eigenvalue weighted by atomic mass is 19.4. The molecule has 38 heavy (non-hydrogen) atoms. The third-order valence-corrected chi connectivity index (χ3v) is 5.41. The number of amides is 1. The topological polar surface area (TPSA) is 122 Å². The first-order valence-electron chi connectivity index (χ1n) is 11.8. The molecule has 0 aromatic heterocycles. The number of nitrogens with two attached hydrogens (primary N) is 1. The fourth-order valence-corrected chi connectivity index (χ4v) is 3.21. The molecule has 0 radical (unpaired) electrons. The summed E-state index contributed by atoms with van der Waals surface area (Å²) in [5, 5.41) is 19.1. The number of anilines is 1. The highest BCUT2D eigenvalue weighted by Crippen LogP contribution is 2.21. The standard InChI is InChI=1S/C26H30N2O3.C2HF3O2/c1-26(27,19-29)25(30)28-22-13-16-23(17-14-22)31-24(18-21-10-6-3-7-11-21)15-12-20-8-4-2-5-9-20;3-2(4,5)1(6)7/h2-11,13-14,16-17,24,29H,12,15,18-19,27H2,1H3,(H,28,30);(H,6,7)/t24-,26?;/m0./s1. The van der Waals surface area contributed by atoms with Gasteiger partial charge in [-0.3, -0.25) is 4.79 Å². The molecule has 0 aliphatic rings. The summed E-state index contributed by atoms with van der Waals surface area (Å²) in [7, 11) is 0. The summed E-state index contributed by atoms with van der Waals surface area (Å²) >= 11 is 0. The van der Waals surface area contributed by atoms with E-state index in [1.807, 2.05) is 36.4 Å². The number of carbonyl (C=O) groups excluding carboxylic acids is 1. The molecule has 0 bridgehead atoms. The first-order valence-corrected chi connectivity index (χ1v) is 11.8. The summed E-state index contributed by atoms with van der Waals surface area (Å²) in [5.74, 6) is -2.45. The SMILES string of the molecule is CC(N)(CO)C(=O)Nc1ccc(O[C@@H](CCc2ccccc2)Cc2ccccc2)cc1.O=C(O)C(F)(F)F. The van der Waals surface area contributed by atoms with E-state index in [1.165, 1.54) is 18.1 Å². The van der Waals surface area contributed by atoms with Crippen molar-refractivity contribution < 1.29 is 37.7 Å². The lowest BCUT2D eigenvalue weighted by Crippen LogP contribution is -2.51. The van der Waals surface area contributed by atoms with Gasteiger partial charge in [0.2, 0.25) is 5.91 Å². The normalized spacial score (nSPS) is 13.3. The molecule has 1 unspecified atom stereocenters. The second-order valence-corrected chi connectivity index (χ2v) is 8.81. The maximum atomic E-state index is 12.1. The maximum absolute atomic E-state index is 12.1. The van der Waals surface area contributed by atoms with Crippen molar-refractivity contribution in [2.75, 3.05) is 11.9 Å². The molecule has 0 saturated heterocycles. The van der Waals surface area contributed by atoms with E-state index < -0.39 is 30.2 Å². The number of aryl methyl sites for hydroxylation is 1. The number of carboxylic acid groups (broad SMARTS) is 1. The van der Waals surface area contributed by atoms with Crippen LogP contribution in [0.25, 0.3) is 0 Å². The van der Waals surface area contributed by atoms with Gasteiger partial charge in [-0.2, -0.15) is 13.2 Å². The van der Waals surface area contributed by atoms with Crippen LogP contribution < -0.4 is 15.8 Å². The van der Waals surface area contributed by atoms with Crippen molar-refractivity contribution >= 4 is 17.6 Å². The number of aliphatic hydroxyl groups excluding tert-OH is 1. The van der Waals surface area contributed by atoms with E-state index in [0.29, 0.717) is 5.69 Å². The smallest absolute Gasteiger partial charge is 0.490 e. The van der Waals surface area contributed by atoms with Crippen LogP contribution in [0.3, 0.4) is 0 Å². The average molecular weight is 533 g/mol. The molecule has 10 heteroatoms. The van der Waals surface area contributed by atoms with Gasteiger partial charge in [0.05, 0.1) is 6.61 Å². The van der Waals surface area contributed by atoms with E-state index in [1.54, 1.807) is 12.1 Å². The molecular formula is C28H31F3N2O5. The van der Waals surface area contributed by atoms with Crippen LogP contribution in [0.1, 0.15) is 24.5 Å². The first-order chi connectivity index (χ1) is 17.9. The highest BCUT2D eigenvalue weighted by Gasteiger charge is 2.38. The number of aliphatic hydroxyl groups is 1. The lowest BCUT2D eigenvalue weighted by Gasteiger charge is -2.21. The first kappa shape index (κ1) is 30.3. The van der Waals surface area contributed by atoms with Gasteiger partial charge in [0.1, 0.15) is 17.4 Å². The van der Waals surface area contributed by atoms with Crippen molar-refractivity contribution in [2.45, 2.75) is 44.0 Å². The fraction of sp³-hybridized carbons (Fsp3) is 0.286. The van der Waals surface area contributed by atoms with Crippen LogP contribution in [0.5, 0.6) is 5.75 Å². The summed E-state index contributed by atoms with van der Waals surface area (Å²) in [5.41, 5.74) is 7.57. The van der Waals surface area contributed by atoms with Crippen LogP contribution in [0, 0.1) is 0 Å². The molecule has 0 saturated carbocycles. The van der Waals surface area contributed by atoms with Crippen molar-refractivity contribution in [2.24, 2.45) is 5.73 Å². The minimum absolute atomic E-state index is 0.0183. The number of carboxylic acids is 1. The number of halogens is 3. The van der Waals surface area contributed by atoms with Gasteiger partial charge in [-0.1, -0.05) is 60.7 Å². The predicted octanol–water partition coefficient (Wildman–Crippen LogP) is 4.59. The van der Waals surface area contributed by atoms with Gasteiger partial charge < -0.3 is 26.0 Å². The summed E-state index contributed by atoms with van der Waals surface area (Å²) in [6, 6.07) is 27.9. The Morgan fingerprint density at radius 3 is 1.89 bits per heavy atom. The minimum Gasteiger partial charge on any atom is -0.490 e. The van der Waals surface area contributed by atoms with Crippen molar-refractivity contribution in [3.05, 3.63) is 96.1 Å². The molecule has 0 spiro atoms. The number of ether oxygens (including phenoxy) is 1. The number of nitrogens with one attached hydrogen (secondary N) is 1. The fourth-order valence-electron chi connectivity index (χ4n) is 3.21. The molecule has 204 valence electrons. The molecule has 5 N–H and O–H groups in total. The van der Waals surface area contributed by atoms with Crippen LogP contribution in [-0.2, 0) is 22.4 Å². The molecular weight excluding hydrogens is 501 g/mol. The van der Waals surface area contributed by atoms with Crippen molar-refractivity contribution in [1.29, 1.82) is 0 Å². The van der Waals surface area contributed by atoms with E-state index in [9.17, 15) is 23.1 Å². The predicted molar refractivity (Wildman–Crippen MR) is 138 cm³/mol. The molecule has 7 nitrogen and oxygen atoms in total. The third-order valence-electron chi connectivity index (χ3n) is 5.41. The number of alkyl halides is 3. The van der Waals surface area contributed by atoms with E-state index in [2.05, 4.69) is 41.7 Å². The number of hydrogen-bond donors (Lipinski definition) is 4. The van der Waals surface area contributed by atoms with Gasteiger partial charge in [0.25, 0.3) is 0 Å². The molecule has 2 atom stereocenters. The monoisotopic (exact) mass is 532 g/mol. The molecule has 3 rings (SSSR count). The zero-order chi connectivity index (χ0) is 28.2. The lowest BCUT2D eigenvalue weighted by molar-refractivity contribution is -0.192. The second-order valence-electron chi connectivity index (χ2n) is 8.81.